The van der Waals surface area contributed by atoms with Crippen molar-refractivity contribution >= 4 is 11.6 Å². The van der Waals surface area contributed by atoms with Crippen LogP contribution in [0.1, 0.15) is 61.2 Å². The molecule has 0 aliphatic rings. The third-order valence-corrected chi connectivity index (χ3v) is 3.76. The van der Waals surface area contributed by atoms with Crippen molar-refractivity contribution in [3.8, 4) is 0 Å². The smallest absolute Gasteiger partial charge is 0.307 e. The molecule has 23 heavy (non-hydrogen) atoms. The van der Waals surface area contributed by atoms with Crippen LogP contribution >= 0.6 is 0 Å². The summed E-state index contributed by atoms with van der Waals surface area (Å²) in [6.07, 6.45) is 7.67. The third-order valence-electron chi connectivity index (χ3n) is 3.76. The quantitative estimate of drug-likeness (QED) is 0.441. The normalized spacial score (nSPS) is 11.5. The first-order valence-electron chi connectivity index (χ1n) is 8.18. The van der Waals surface area contributed by atoms with Gasteiger partial charge in [0.25, 0.3) is 0 Å². The fraction of sp³-hybridized carbons (Fsp3) is 0.368. The van der Waals surface area contributed by atoms with Crippen molar-refractivity contribution < 1.29 is 9.21 Å². The molecule has 0 unspecified atom stereocenters. The van der Waals surface area contributed by atoms with Gasteiger partial charge in [0.2, 0.25) is 0 Å². The first kappa shape index (κ1) is 17.0. The predicted molar refractivity (Wildman–Crippen MR) is 92.7 cm³/mol. The van der Waals surface area contributed by atoms with Crippen LogP contribution in [0.3, 0.4) is 0 Å². The zero-order valence-corrected chi connectivity index (χ0v) is 13.8. The number of nitrogens with zero attached hydrogens (tertiary/aromatic N) is 1. The van der Waals surface area contributed by atoms with Gasteiger partial charge in [-0.3, -0.25) is 4.79 Å². The van der Waals surface area contributed by atoms with Crippen molar-refractivity contribution in [2.75, 3.05) is 0 Å². The monoisotopic (exact) mass is 312 g/mol. The lowest BCUT2D eigenvalue weighted by Crippen LogP contribution is -2.18. The molecule has 1 N–H and O–H groups in total. The predicted octanol–water partition coefficient (Wildman–Crippen LogP) is 4.56. The van der Waals surface area contributed by atoms with E-state index < -0.39 is 0 Å². The maximum Gasteiger partial charge on any atom is 0.307 e. The second kappa shape index (κ2) is 8.93. The highest BCUT2D eigenvalue weighted by Gasteiger charge is 2.07. The summed E-state index contributed by atoms with van der Waals surface area (Å²) >= 11 is 0. The van der Waals surface area contributed by atoms with Crippen LogP contribution in [0, 0.1) is 0 Å². The Morgan fingerprint density at radius 3 is 2.57 bits per heavy atom. The van der Waals surface area contributed by atoms with Crippen LogP contribution < -0.4 is 5.43 Å². The number of carbonyl (C=O) groups excluding carboxylic acids is 1. The lowest BCUT2D eigenvalue weighted by atomic mass is 10.0. The topological polar surface area (TPSA) is 54.6 Å². The fourth-order valence-corrected chi connectivity index (χ4v) is 2.33. The molecule has 1 aromatic carbocycles. The number of unbranched alkanes of at least 4 members (excludes halogenated alkanes) is 3. The Labute approximate surface area is 137 Å². The van der Waals surface area contributed by atoms with E-state index in [1.165, 1.54) is 37.5 Å². The minimum atomic E-state index is -0.345. The Kier molecular flexibility index (Phi) is 6.60. The van der Waals surface area contributed by atoms with Gasteiger partial charge in [-0.05, 0) is 43.0 Å². The molecule has 122 valence electrons. The van der Waals surface area contributed by atoms with E-state index in [-0.39, 0.29) is 11.7 Å². The molecular weight excluding hydrogens is 288 g/mol. The lowest BCUT2D eigenvalue weighted by molar-refractivity contribution is 0.0927. The van der Waals surface area contributed by atoms with Crippen LogP contribution in [-0.2, 0) is 6.42 Å². The summed E-state index contributed by atoms with van der Waals surface area (Å²) in [4.78, 5) is 11.8. The summed E-state index contributed by atoms with van der Waals surface area (Å²) in [5.41, 5.74) is 5.61. The highest BCUT2D eigenvalue weighted by molar-refractivity contribution is 6.00. The van der Waals surface area contributed by atoms with Crippen LogP contribution in [0.2, 0.25) is 0 Å². The van der Waals surface area contributed by atoms with E-state index in [0.29, 0.717) is 0 Å². The van der Waals surface area contributed by atoms with Gasteiger partial charge in [-0.1, -0.05) is 50.5 Å². The number of hydrogen-bond acceptors (Lipinski definition) is 3. The molecule has 0 saturated heterocycles. The average Bonchev–Trinajstić information content (AvgIpc) is 3.11. The van der Waals surface area contributed by atoms with Crippen LogP contribution in [-0.4, -0.2) is 11.6 Å². The number of hydrazone groups is 1. The molecule has 4 nitrogen and oxygen atoms in total. The molecule has 4 heteroatoms. The van der Waals surface area contributed by atoms with E-state index in [2.05, 4.69) is 29.6 Å². The number of benzene rings is 1. The van der Waals surface area contributed by atoms with Gasteiger partial charge < -0.3 is 4.42 Å². The Morgan fingerprint density at radius 2 is 1.91 bits per heavy atom. The molecule has 0 saturated carbocycles. The number of carbonyl (C=O) groups is 1. The summed E-state index contributed by atoms with van der Waals surface area (Å²) in [5.74, 6) is -0.0918. The SMILES string of the molecule is CCCCCCc1ccc(/C(C)=N\NC(=O)c2ccco2)cc1. The maximum absolute atomic E-state index is 11.8. The number of furan rings is 1. The number of hydrogen-bond donors (Lipinski definition) is 1. The van der Waals surface area contributed by atoms with Crippen LogP contribution in [0.4, 0.5) is 0 Å². The van der Waals surface area contributed by atoms with Gasteiger partial charge in [0.1, 0.15) is 0 Å². The summed E-state index contributed by atoms with van der Waals surface area (Å²) in [6.45, 7) is 4.10. The van der Waals surface area contributed by atoms with Crippen molar-refractivity contribution in [1.82, 2.24) is 5.43 Å². The molecule has 0 bridgehead atoms. The molecule has 0 aliphatic carbocycles. The first-order chi connectivity index (χ1) is 11.2. The maximum atomic E-state index is 11.8. The third kappa shape index (κ3) is 5.40. The average molecular weight is 312 g/mol. The summed E-state index contributed by atoms with van der Waals surface area (Å²) in [7, 11) is 0. The van der Waals surface area contributed by atoms with Crippen molar-refractivity contribution in [3.63, 3.8) is 0 Å². The largest absolute Gasteiger partial charge is 0.459 e. The molecule has 0 aliphatic heterocycles. The fourth-order valence-electron chi connectivity index (χ4n) is 2.33. The van der Waals surface area contributed by atoms with Gasteiger partial charge in [-0.25, -0.2) is 5.43 Å². The van der Waals surface area contributed by atoms with Crippen LogP contribution in [0.15, 0.2) is 52.2 Å². The van der Waals surface area contributed by atoms with Gasteiger partial charge in [-0.15, -0.1) is 0 Å². The van der Waals surface area contributed by atoms with Gasteiger partial charge in [0.05, 0.1) is 12.0 Å². The molecule has 0 spiro atoms. The number of nitrogens with one attached hydrogen (secondary N) is 1. The molecule has 0 fully saturated rings. The first-order valence-corrected chi connectivity index (χ1v) is 8.18. The summed E-state index contributed by atoms with van der Waals surface area (Å²) < 4.78 is 5.02. The van der Waals surface area contributed by atoms with E-state index in [0.717, 1.165) is 17.7 Å². The summed E-state index contributed by atoms with van der Waals surface area (Å²) in [5, 5.41) is 4.12. The standard InChI is InChI=1S/C19H24N2O2/c1-3-4-5-6-8-16-10-12-17(13-11-16)15(2)20-21-19(22)18-9-7-14-23-18/h7,9-14H,3-6,8H2,1-2H3,(H,21,22)/b20-15-. The van der Waals surface area contributed by atoms with Gasteiger partial charge in [-0.2, -0.15) is 5.10 Å². The Morgan fingerprint density at radius 1 is 1.13 bits per heavy atom. The molecule has 2 aromatic rings. The molecule has 0 atom stereocenters. The molecule has 1 aromatic heterocycles. The Balaban J connectivity index is 1.87. The Hall–Kier alpha value is -2.36. The highest BCUT2D eigenvalue weighted by atomic mass is 16.3. The number of aryl methyl sites for hydroxylation is 1. The van der Waals surface area contributed by atoms with Crippen molar-refractivity contribution in [2.24, 2.45) is 5.10 Å². The van der Waals surface area contributed by atoms with E-state index in [1.54, 1.807) is 12.1 Å². The minimum Gasteiger partial charge on any atom is -0.459 e. The number of amides is 1. The molecule has 0 radical (unpaired) electrons. The lowest BCUT2D eigenvalue weighted by Gasteiger charge is -2.05. The molecule has 2 rings (SSSR count). The minimum absolute atomic E-state index is 0.254. The number of rotatable bonds is 8. The molecular formula is C19H24N2O2. The molecule has 1 amide bonds. The van der Waals surface area contributed by atoms with Crippen LogP contribution in [0.5, 0.6) is 0 Å². The van der Waals surface area contributed by atoms with E-state index in [1.807, 2.05) is 19.1 Å². The van der Waals surface area contributed by atoms with E-state index in [9.17, 15) is 4.79 Å². The molecule has 1 heterocycles. The summed E-state index contributed by atoms with van der Waals surface area (Å²) in [6, 6.07) is 11.6. The van der Waals surface area contributed by atoms with Gasteiger partial charge in [0, 0.05) is 0 Å². The van der Waals surface area contributed by atoms with Crippen molar-refractivity contribution in [3.05, 3.63) is 59.5 Å². The van der Waals surface area contributed by atoms with Crippen molar-refractivity contribution in [1.29, 1.82) is 0 Å². The highest BCUT2D eigenvalue weighted by Crippen LogP contribution is 2.10. The zero-order valence-electron chi connectivity index (χ0n) is 13.8. The van der Waals surface area contributed by atoms with Crippen molar-refractivity contribution in [2.45, 2.75) is 46.0 Å². The van der Waals surface area contributed by atoms with E-state index in [4.69, 9.17) is 4.42 Å². The van der Waals surface area contributed by atoms with Gasteiger partial charge >= 0.3 is 5.91 Å². The van der Waals surface area contributed by atoms with Crippen LogP contribution in [0.25, 0.3) is 0 Å². The Bertz CT molecular complexity index is 628. The zero-order chi connectivity index (χ0) is 16.5. The second-order valence-corrected chi connectivity index (χ2v) is 5.62. The second-order valence-electron chi connectivity index (χ2n) is 5.62. The van der Waals surface area contributed by atoms with Gasteiger partial charge in [0.15, 0.2) is 5.76 Å². The van der Waals surface area contributed by atoms with E-state index >= 15 is 0 Å².